The summed E-state index contributed by atoms with van der Waals surface area (Å²) in [5.74, 6) is -1.23. The zero-order valence-electron chi connectivity index (χ0n) is 14.9. The molecule has 2 rings (SSSR count). The van der Waals surface area contributed by atoms with Crippen LogP contribution in [0.5, 0.6) is 5.75 Å². The molecule has 1 heterocycles. The molecule has 1 saturated heterocycles. The zero-order valence-corrected chi connectivity index (χ0v) is 15.8. The Morgan fingerprint density at radius 2 is 2.00 bits per heavy atom. The monoisotopic (exact) mass is 406 g/mol. The second-order valence-corrected chi connectivity index (χ2v) is 9.45. The van der Waals surface area contributed by atoms with E-state index in [1.54, 1.807) is 12.1 Å². The van der Waals surface area contributed by atoms with Gasteiger partial charge in [-0.05, 0) is 37.1 Å². The predicted molar refractivity (Wildman–Crippen MR) is 96.3 cm³/mol. The molecule has 2 unspecified atom stereocenters. The number of nitrogens with two attached hydrogens (primary N) is 1. The number of hydrogen-bond donors (Lipinski definition) is 3. The summed E-state index contributed by atoms with van der Waals surface area (Å²) in [6.45, 7) is -1.92. The quantitative estimate of drug-likeness (QED) is 0.426. The second-order valence-electron chi connectivity index (χ2n) is 6.74. The van der Waals surface area contributed by atoms with Crippen molar-refractivity contribution < 1.29 is 32.9 Å². The summed E-state index contributed by atoms with van der Waals surface area (Å²) in [6, 6.07) is 6.05. The van der Waals surface area contributed by atoms with Gasteiger partial charge < -0.3 is 20.5 Å². The summed E-state index contributed by atoms with van der Waals surface area (Å²) in [7, 11) is -3.88. The van der Waals surface area contributed by atoms with Gasteiger partial charge in [-0.1, -0.05) is 18.6 Å². The van der Waals surface area contributed by atoms with Gasteiger partial charge in [-0.3, -0.25) is 14.3 Å². The Morgan fingerprint density at radius 3 is 2.56 bits per heavy atom. The largest absolute Gasteiger partial charge is 0.480 e. The summed E-state index contributed by atoms with van der Waals surface area (Å²) >= 11 is 0. The molecule has 1 aromatic rings. The summed E-state index contributed by atoms with van der Waals surface area (Å²) in [4.78, 5) is 24.2. The van der Waals surface area contributed by atoms with Gasteiger partial charge >= 0.3 is 12.6 Å². The first-order valence-corrected chi connectivity index (χ1v) is 10.6. The van der Waals surface area contributed by atoms with Crippen LogP contribution >= 0.6 is 7.37 Å². The molecule has 0 saturated carbocycles. The number of hydrogen-bond acceptors (Lipinski definition) is 5. The van der Waals surface area contributed by atoms with Crippen molar-refractivity contribution in [3.05, 3.63) is 29.8 Å². The molecule has 0 spiro atoms. The number of carboxylic acid groups (broad SMARTS) is 1. The van der Waals surface area contributed by atoms with Crippen LogP contribution in [-0.4, -0.2) is 58.4 Å². The standard InChI is InChI=1S/C17H25F2N2O5P/c18-16(19)26-14-5-3-13(4-6-14)11-21-9-10-27(24,25)17(12-21,15(22)23)7-1-2-8-20/h3-6,16H,1-2,7-12,20H2,(H,22,23)(H,24,25). The smallest absolute Gasteiger partial charge is 0.387 e. The lowest BCUT2D eigenvalue weighted by Crippen LogP contribution is -2.53. The SMILES string of the molecule is NCCCCC1(C(=O)O)CN(Cc2ccc(OC(F)F)cc2)CCP1(=O)O. The maximum atomic E-state index is 12.7. The Bertz CT molecular complexity index is 688. The van der Waals surface area contributed by atoms with E-state index < -0.39 is 25.1 Å². The Morgan fingerprint density at radius 1 is 1.33 bits per heavy atom. The Labute approximate surface area is 156 Å². The topological polar surface area (TPSA) is 113 Å². The van der Waals surface area contributed by atoms with Crippen molar-refractivity contribution >= 4 is 13.3 Å². The highest BCUT2D eigenvalue weighted by molar-refractivity contribution is 7.61. The van der Waals surface area contributed by atoms with E-state index in [-0.39, 0.29) is 31.4 Å². The molecule has 1 aliphatic heterocycles. The van der Waals surface area contributed by atoms with Gasteiger partial charge in [0.25, 0.3) is 0 Å². The number of benzene rings is 1. The average Bonchev–Trinajstić information content (AvgIpc) is 2.59. The van der Waals surface area contributed by atoms with E-state index in [2.05, 4.69) is 4.74 Å². The normalized spacial score (nSPS) is 26.3. The Hall–Kier alpha value is -1.54. The number of alkyl halides is 2. The summed E-state index contributed by atoms with van der Waals surface area (Å²) < 4.78 is 41.4. The lowest BCUT2D eigenvalue weighted by Gasteiger charge is -2.43. The van der Waals surface area contributed by atoms with Gasteiger partial charge in [0.05, 0.1) is 0 Å². The molecule has 7 nitrogen and oxygen atoms in total. The Kier molecular flexibility index (Phi) is 7.33. The van der Waals surface area contributed by atoms with Crippen molar-refractivity contribution in [3.63, 3.8) is 0 Å². The van der Waals surface area contributed by atoms with Crippen LogP contribution in [0.4, 0.5) is 8.78 Å². The molecule has 1 fully saturated rings. The minimum atomic E-state index is -3.88. The van der Waals surface area contributed by atoms with Crippen LogP contribution in [-0.2, 0) is 15.9 Å². The zero-order chi connectivity index (χ0) is 20.1. The second kappa shape index (κ2) is 9.10. The summed E-state index contributed by atoms with van der Waals surface area (Å²) in [5.41, 5.74) is 6.23. The number of aliphatic carboxylic acids is 1. The van der Waals surface area contributed by atoms with Crippen molar-refractivity contribution in [2.24, 2.45) is 5.73 Å². The van der Waals surface area contributed by atoms with Crippen LogP contribution in [0.3, 0.4) is 0 Å². The van der Waals surface area contributed by atoms with Crippen molar-refractivity contribution in [2.75, 3.05) is 25.8 Å². The highest BCUT2D eigenvalue weighted by Crippen LogP contribution is 2.59. The van der Waals surface area contributed by atoms with Gasteiger partial charge in [-0.25, -0.2) is 0 Å². The van der Waals surface area contributed by atoms with E-state index in [9.17, 15) is 28.1 Å². The van der Waals surface area contributed by atoms with E-state index in [1.807, 2.05) is 4.90 Å². The lowest BCUT2D eigenvalue weighted by molar-refractivity contribution is -0.141. The molecular weight excluding hydrogens is 381 g/mol. The highest BCUT2D eigenvalue weighted by Gasteiger charge is 2.56. The molecule has 1 aliphatic rings. The lowest BCUT2D eigenvalue weighted by atomic mass is 9.99. The van der Waals surface area contributed by atoms with Crippen LogP contribution in [0.15, 0.2) is 24.3 Å². The van der Waals surface area contributed by atoms with Gasteiger partial charge in [-0.15, -0.1) is 0 Å². The van der Waals surface area contributed by atoms with E-state index in [4.69, 9.17) is 5.73 Å². The molecule has 2 atom stereocenters. The number of unbranched alkanes of at least 4 members (excludes halogenated alkanes) is 1. The van der Waals surface area contributed by atoms with Crippen LogP contribution in [0, 0.1) is 0 Å². The molecule has 0 amide bonds. The third kappa shape index (κ3) is 5.25. The third-order valence-electron chi connectivity index (χ3n) is 4.87. The first-order chi connectivity index (χ1) is 12.7. The molecule has 4 N–H and O–H groups in total. The molecule has 0 aliphatic carbocycles. The molecule has 0 radical (unpaired) electrons. The van der Waals surface area contributed by atoms with Crippen LogP contribution in [0.1, 0.15) is 24.8 Å². The van der Waals surface area contributed by atoms with Crippen molar-refractivity contribution in [1.82, 2.24) is 4.90 Å². The summed E-state index contributed by atoms with van der Waals surface area (Å²) in [5, 5.41) is 8.04. The van der Waals surface area contributed by atoms with Crippen LogP contribution < -0.4 is 10.5 Å². The number of carboxylic acids is 1. The van der Waals surface area contributed by atoms with Gasteiger partial charge in [-0.2, -0.15) is 8.78 Å². The fraction of sp³-hybridized carbons (Fsp3) is 0.588. The minimum Gasteiger partial charge on any atom is -0.480 e. The fourth-order valence-electron chi connectivity index (χ4n) is 3.36. The highest BCUT2D eigenvalue weighted by atomic mass is 31.2. The molecule has 10 heteroatoms. The van der Waals surface area contributed by atoms with Gasteiger partial charge in [0.2, 0.25) is 7.37 Å². The molecular formula is C17H25F2N2O5P. The van der Waals surface area contributed by atoms with Crippen molar-refractivity contribution in [3.8, 4) is 5.75 Å². The molecule has 1 aromatic carbocycles. The van der Waals surface area contributed by atoms with E-state index in [1.165, 1.54) is 12.1 Å². The maximum absolute atomic E-state index is 12.7. The maximum Gasteiger partial charge on any atom is 0.387 e. The average molecular weight is 406 g/mol. The molecule has 27 heavy (non-hydrogen) atoms. The van der Waals surface area contributed by atoms with E-state index in [0.717, 1.165) is 5.56 Å². The number of ether oxygens (including phenoxy) is 1. The van der Waals surface area contributed by atoms with E-state index >= 15 is 0 Å². The van der Waals surface area contributed by atoms with Gasteiger partial charge in [0.15, 0.2) is 5.16 Å². The van der Waals surface area contributed by atoms with Crippen LogP contribution in [0.25, 0.3) is 0 Å². The predicted octanol–water partition coefficient (Wildman–Crippen LogP) is 2.33. The fourth-order valence-corrected chi connectivity index (χ4v) is 5.57. The van der Waals surface area contributed by atoms with E-state index in [0.29, 0.717) is 25.9 Å². The minimum absolute atomic E-state index is 0.0360. The number of rotatable bonds is 9. The van der Waals surface area contributed by atoms with Crippen LogP contribution in [0.2, 0.25) is 0 Å². The number of halogens is 2. The number of nitrogens with zero attached hydrogens (tertiary/aromatic N) is 1. The number of carbonyl (C=O) groups is 1. The van der Waals surface area contributed by atoms with Crippen molar-refractivity contribution in [2.45, 2.75) is 37.6 Å². The van der Waals surface area contributed by atoms with Gasteiger partial charge in [0, 0.05) is 25.8 Å². The van der Waals surface area contributed by atoms with Gasteiger partial charge in [0.1, 0.15) is 5.75 Å². The summed E-state index contributed by atoms with van der Waals surface area (Å²) in [6.07, 6.45) is 1.03. The molecule has 0 aromatic heterocycles. The first kappa shape index (κ1) is 21.8. The third-order valence-corrected chi connectivity index (χ3v) is 7.57. The van der Waals surface area contributed by atoms with Crippen molar-refractivity contribution in [1.29, 1.82) is 0 Å². The first-order valence-electron chi connectivity index (χ1n) is 8.72. The molecule has 152 valence electrons. The Balaban J connectivity index is 2.12. The molecule has 0 bridgehead atoms.